The van der Waals surface area contributed by atoms with E-state index in [0.717, 1.165) is 0 Å². The van der Waals surface area contributed by atoms with Crippen molar-refractivity contribution in [3.63, 3.8) is 0 Å². The van der Waals surface area contributed by atoms with Crippen molar-refractivity contribution in [2.75, 3.05) is 12.9 Å². The fraction of sp³-hybridized carbons (Fsp3) is 0.714. The summed E-state index contributed by atoms with van der Waals surface area (Å²) in [6.07, 6.45) is -1.11. The number of fused-ring (bicyclic) bond motifs is 2. The normalized spacial score (nSPS) is 41.0. The smallest absolute Gasteiger partial charge is 0.329 e. The second-order valence-electron chi connectivity index (χ2n) is 5.91. The molecule has 4 bridgehead atoms. The predicted molar refractivity (Wildman–Crippen MR) is 82.4 cm³/mol. The molecule has 9 heteroatoms. The molecule has 4 aliphatic rings. The van der Waals surface area contributed by atoms with Gasteiger partial charge < -0.3 is 19.1 Å². The standard InChI is InChI=1S/C14H17N3O5S/c1-5-16-9-8-10(21-5)12(18)17-7(14(19)20-3)4-23-13(17)11(9)22-6(2)15-8/h7-11,13H,4H2,1-3H3/t7-,8+,9+,10-,11-,13-/m0/s1. The Morgan fingerprint density at radius 1 is 1.26 bits per heavy atom. The third-order valence-corrected chi connectivity index (χ3v) is 5.89. The average Bonchev–Trinajstić information content (AvgIpc) is 2.96. The maximum atomic E-state index is 13.1. The van der Waals surface area contributed by atoms with Crippen molar-refractivity contribution in [1.29, 1.82) is 0 Å². The minimum atomic E-state index is -0.769. The molecule has 0 spiro atoms. The van der Waals surface area contributed by atoms with Crippen LogP contribution in [-0.2, 0) is 23.8 Å². The summed E-state index contributed by atoms with van der Waals surface area (Å²) in [5.74, 6) is 0.787. The number of aliphatic imine (C=N–C) groups is 2. The fourth-order valence-corrected chi connectivity index (χ4v) is 5.11. The Hall–Kier alpha value is -1.77. The third kappa shape index (κ3) is 2.05. The highest BCUT2D eigenvalue weighted by Gasteiger charge is 2.60. The first-order valence-corrected chi connectivity index (χ1v) is 8.50. The van der Waals surface area contributed by atoms with E-state index >= 15 is 0 Å². The molecule has 2 saturated heterocycles. The second kappa shape index (κ2) is 5.12. The van der Waals surface area contributed by atoms with Gasteiger partial charge in [0.2, 0.25) is 6.10 Å². The zero-order valence-corrected chi connectivity index (χ0v) is 13.8. The van der Waals surface area contributed by atoms with Crippen molar-refractivity contribution in [3.8, 4) is 0 Å². The van der Waals surface area contributed by atoms with Crippen LogP contribution in [0, 0.1) is 0 Å². The molecular weight excluding hydrogens is 322 g/mol. The van der Waals surface area contributed by atoms with Crippen molar-refractivity contribution in [2.45, 2.75) is 49.6 Å². The number of amides is 1. The highest BCUT2D eigenvalue weighted by atomic mass is 32.2. The molecule has 0 aromatic carbocycles. The van der Waals surface area contributed by atoms with Crippen LogP contribution in [0.4, 0.5) is 0 Å². The molecule has 4 heterocycles. The summed E-state index contributed by atoms with van der Waals surface area (Å²) >= 11 is 1.52. The van der Waals surface area contributed by atoms with E-state index in [1.54, 1.807) is 18.7 Å². The molecule has 0 aliphatic carbocycles. The molecule has 0 unspecified atom stereocenters. The number of nitrogens with zero attached hydrogens (tertiary/aromatic N) is 3. The number of rotatable bonds is 1. The summed E-state index contributed by atoms with van der Waals surface area (Å²) in [4.78, 5) is 35.6. The number of hydrogen-bond donors (Lipinski definition) is 0. The van der Waals surface area contributed by atoms with Crippen molar-refractivity contribution < 1.29 is 23.8 Å². The number of ether oxygens (including phenoxy) is 3. The van der Waals surface area contributed by atoms with Crippen molar-refractivity contribution in [3.05, 3.63) is 0 Å². The van der Waals surface area contributed by atoms with Crippen LogP contribution in [0.15, 0.2) is 9.98 Å². The SMILES string of the molecule is COC(=O)[C@@H]1CS[C@H]2[C@H]3OC(C)=N[C@@H]4[C@H]3N=C(C)O[C@@H]4C(=O)N12. The molecule has 0 saturated carbocycles. The van der Waals surface area contributed by atoms with Crippen LogP contribution < -0.4 is 0 Å². The molecule has 23 heavy (non-hydrogen) atoms. The van der Waals surface area contributed by atoms with Gasteiger partial charge in [0.15, 0.2) is 17.9 Å². The number of hydrogen-bond acceptors (Lipinski definition) is 8. The van der Waals surface area contributed by atoms with Crippen LogP contribution in [0.1, 0.15) is 13.8 Å². The van der Waals surface area contributed by atoms with Gasteiger partial charge in [-0.1, -0.05) is 0 Å². The molecule has 2 fully saturated rings. The Bertz CT molecular complexity index is 636. The van der Waals surface area contributed by atoms with Gasteiger partial charge in [-0.3, -0.25) is 4.79 Å². The lowest BCUT2D eigenvalue weighted by Crippen LogP contribution is -2.53. The minimum Gasteiger partial charge on any atom is -0.473 e. The maximum Gasteiger partial charge on any atom is 0.329 e. The fourth-order valence-electron chi connectivity index (χ4n) is 3.62. The average molecular weight is 339 g/mol. The van der Waals surface area contributed by atoms with Gasteiger partial charge in [-0.2, -0.15) is 0 Å². The Labute approximate surface area is 137 Å². The number of esters is 1. The van der Waals surface area contributed by atoms with E-state index < -0.39 is 24.2 Å². The first kappa shape index (κ1) is 14.8. The molecule has 4 rings (SSSR count). The largest absolute Gasteiger partial charge is 0.473 e. The number of thioether (sulfide) groups is 1. The molecule has 0 aromatic heterocycles. The van der Waals surface area contributed by atoms with E-state index in [0.29, 0.717) is 17.5 Å². The van der Waals surface area contributed by atoms with Crippen molar-refractivity contribution in [1.82, 2.24) is 4.90 Å². The lowest BCUT2D eigenvalue weighted by Gasteiger charge is -2.37. The van der Waals surface area contributed by atoms with Gasteiger partial charge in [0.25, 0.3) is 5.91 Å². The summed E-state index contributed by atoms with van der Waals surface area (Å²) in [6, 6.07) is -1.31. The molecule has 8 nitrogen and oxygen atoms in total. The zero-order chi connectivity index (χ0) is 16.3. The van der Waals surface area contributed by atoms with Crippen molar-refractivity contribution in [2.24, 2.45) is 9.98 Å². The summed E-state index contributed by atoms with van der Waals surface area (Å²) in [6.45, 7) is 3.49. The zero-order valence-electron chi connectivity index (χ0n) is 13.0. The molecule has 0 N–H and O–H groups in total. The first-order chi connectivity index (χ1) is 11.0. The molecule has 0 radical (unpaired) electrons. The Kier molecular flexibility index (Phi) is 3.29. The number of carbonyl (C=O) groups is 2. The minimum absolute atomic E-state index is 0.246. The topological polar surface area (TPSA) is 89.8 Å². The number of methoxy groups -OCH3 is 1. The van der Waals surface area contributed by atoms with E-state index in [1.807, 2.05) is 0 Å². The van der Waals surface area contributed by atoms with Crippen LogP contribution in [0.5, 0.6) is 0 Å². The molecule has 4 aliphatic heterocycles. The van der Waals surface area contributed by atoms with Crippen LogP contribution >= 0.6 is 11.8 Å². The molecule has 0 aromatic rings. The lowest BCUT2D eigenvalue weighted by molar-refractivity contribution is -0.155. The highest BCUT2D eigenvalue weighted by molar-refractivity contribution is 8.00. The van der Waals surface area contributed by atoms with E-state index in [1.165, 1.54) is 18.9 Å². The predicted octanol–water partition coefficient (Wildman–Crippen LogP) is -0.185. The molecule has 6 atom stereocenters. The summed E-state index contributed by atoms with van der Waals surface area (Å²) in [5, 5.41) is -0.298. The van der Waals surface area contributed by atoms with Gasteiger partial charge in [-0.15, -0.1) is 11.8 Å². The Balaban J connectivity index is 1.80. The van der Waals surface area contributed by atoms with E-state index in [4.69, 9.17) is 14.2 Å². The third-order valence-electron chi connectivity index (χ3n) is 4.55. The number of carbonyl (C=O) groups excluding carboxylic acids is 2. The van der Waals surface area contributed by atoms with Crippen LogP contribution in [0.3, 0.4) is 0 Å². The highest BCUT2D eigenvalue weighted by Crippen LogP contribution is 2.42. The summed E-state index contributed by atoms with van der Waals surface area (Å²) in [5.41, 5.74) is 0. The quantitative estimate of drug-likeness (QED) is 0.616. The second-order valence-corrected chi connectivity index (χ2v) is 7.06. The van der Waals surface area contributed by atoms with Crippen LogP contribution in [0.25, 0.3) is 0 Å². The Morgan fingerprint density at radius 2 is 1.96 bits per heavy atom. The van der Waals surface area contributed by atoms with Gasteiger partial charge in [0, 0.05) is 19.6 Å². The Morgan fingerprint density at radius 3 is 2.70 bits per heavy atom. The van der Waals surface area contributed by atoms with Gasteiger partial charge >= 0.3 is 5.97 Å². The summed E-state index contributed by atoms with van der Waals surface area (Å²) in [7, 11) is 1.33. The van der Waals surface area contributed by atoms with Gasteiger partial charge in [-0.25, -0.2) is 14.8 Å². The molecule has 1 amide bonds. The van der Waals surface area contributed by atoms with Crippen molar-refractivity contribution >= 4 is 35.4 Å². The van der Waals surface area contributed by atoms with Crippen LogP contribution in [0.2, 0.25) is 0 Å². The molecule has 124 valence electrons. The van der Waals surface area contributed by atoms with E-state index in [2.05, 4.69) is 9.98 Å². The van der Waals surface area contributed by atoms with E-state index in [9.17, 15) is 9.59 Å². The summed E-state index contributed by atoms with van der Waals surface area (Å²) < 4.78 is 16.5. The monoisotopic (exact) mass is 339 g/mol. The maximum absolute atomic E-state index is 13.1. The first-order valence-electron chi connectivity index (χ1n) is 7.45. The van der Waals surface area contributed by atoms with E-state index in [-0.39, 0.29) is 23.4 Å². The lowest BCUT2D eigenvalue weighted by atomic mass is 9.97. The van der Waals surface area contributed by atoms with Crippen LogP contribution in [-0.4, -0.2) is 77.1 Å². The van der Waals surface area contributed by atoms with Gasteiger partial charge in [0.1, 0.15) is 23.5 Å². The molecular formula is C14H17N3O5S. The van der Waals surface area contributed by atoms with Gasteiger partial charge in [0.05, 0.1) is 7.11 Å². The van der Waals surface area contributed by atoms with Gasteiger partial charge in [-0.05, 0) is 0 Å².